The van der Waals surface area contributed by atoms with Crippen molar-refractivity contribution < 1.29 is 14.6 Å². The molecule has 0 heterocycles. The molecule has 0 aliphatic heterocycles. The van der Waals surface area contributed by atoms with Crippen LogP contribution in [0.5, 0.6) is 0 Å². The van der Waals surface area contributed by atoms with E-state index >= 15 is 0 Å². The minimum Gasteiger partial charge on any atom is -0.479 e. The van der Waals surface area contributed by atoms with Gasteiger partial charge in [0.1, 0.15) is 0 Å². The molecule has 0 aromatic heterocycles. The summed E-state index contributed by atoms with van der Waals surface area (Å²) in [4.78, 5) is 10.8. The zero-order chi connectivity index (χ0) is 12.2. The predicted molar refractivity (Wildman–Crippen MR) is 65.6 cm³/mol. The third-order valence-corrected chi connectivity index (χ3v) is 2.35. The van der Waals surface area contributed by atoms with Gasteiger partial charge in [0.15, 0.2) is 6.10 Å². The number of allylic oxidation sites excluding steroid dienone is 2. The third kappa shape index (κ3) is 8.48. The highest BCUT2D eigenvalue weighted by Crippen LogP contribution is 2.08. The lowest BCUT2D eigenvalue weighted by Gasteiger charge is -2.11. The fourth-order valence-corrected chi connectivity index (χ4v) is 1.47. The zero-order valence-corrected chi connectivity index (χ0v) is 10.4. The maximum atomic E-state index is 10.8. The van der Waals surface area contributed by atoms with Crippen molar-refractivity contribution in [1.29, 1.82) is 0 Å². The number of unbranched alkanes of at least 4 members (excludes halogenated alkanes) is 3. The van der Waals surface area contributed by atoms with Crippen LogP contribution >= 0.6 is 0 Å². The number of aliphatic carboxylic acids is 1. The van der Waals surface area contributed by atoms with Crippen molar-refractivity contribution in [3.8, 4) is 0 Å². The van der Waals surface area contributed by atoms with Gasteiger partial charge in [0, 0.05) is 6.61 Å². The van der Waals surface area contributed by atoms with Crippen molar-refractivity contribution in [2.24, 2.45) is 0 Å². The van der Waals surface area contributed by atoms with Gasteiger partial charge in [0.05, 0.1) is 0 Å². The van der Waals surface area contributed by atoms with E-state index in [1.54, 1.807) is 0 Å². The molecule has 1 atom stereocenters. The molecule has 0 fully saturated rings. The van der Waals surface area contributed by atoms with E-state index in [0.29, 0.717) is 13.0 Å². The van der Waals surface area contributed by atoms with E-state index in [9.17, 15) is 4.79 Å². The molecule has 1 N–H and O–H groups in total. The second-order valence-electron chi connectivity index (χ2n) is 3.83. The Hall–Kier alpha value is -0.830. The Morgan fingerprint density at radius 2 is 1.94 bits per heavy atom. The fraction of sp³-hybridized carbons (Fsp3) is 0.769. The first-order chi connectivity index (χ1) is 7.72. The lowest BCUT2D eigenvalue weighted by atomic mass is 10.1. The molecular formula is C13H24O3. The van der Waals surface area contributed by atoms with Crippen LogP contribution in [0.3, 0.4) is 0 Å². The maximum Gasteiger partial charge on any atom is 0.332 e. The monoisotopic (exact) mass is 228 g/mol. The summed E-state index contributed by atoms with van der Waals surface area (Å²) >= 11 is 0. The molecule has 0 rings (SSSR count). The SMILES string of the molecule is CCCC=CCCCCC(OCC)C(=O)O. The van der Waals surface area contributed by atoms with Crippen LogP contribution in [0.15, 0.2) is 12.2 Å². The molecule has 0 amide bonds. The first-order valence-corrected chi connectivity index (χ1v) is 6.21. The molecule has 94 valence electrons. The molecule has 0 radical (unpaired) electrons. The minimum absolute atomic E-state index is 0.466. The van der Waals surface area contributed by atoms with Crippen molar-refractivity contribution in [1.82, 2.24) is 0 Å². The highest BCUT2D eigenvalue weighted by Gasteiger charge is 2.15. The van der Waals surface area contributed by atoms with Gasteiger partial charge < -0.3 is 9.84 Å². The minimum atomic E-state index is -0.844. The molecule has 16 heavy (non-hydrogen) atoms. The normalized spacial score (nSPS) is 13.1. The number of carboxylic acids is 1. The third-order valence-electron chi connectivity index (χ3n) is 2.35. The van der Waals surface area contributed by atoms with Crippen LogP contribution < -0.4 is 0 Å². The van der Waals surface area contributed by atoms with Gasteiger partial charge in [0.2, 0.25) is 0 Å². The van der Waals surface area contributed by atoms with Gasteiger partial charge in [-0.15, -0.1) is 0 Å². The molecule has 0 aromatic carbocycles. The summed E-state index contributed by atoms with van der Waals surface area (Å²) < 4.78 is 5.13. The molecule has 0 aromatic rings. The molecule has 3 nitrogen and oxygen atoms in total. The van der Waals surface area contributed by atoms with E-state index in [-0.39, 0.29) is 0 Å². The van der Waals surface area contributed by atoms with Gasteiger partial charge in [-0.2, -0.15) is 0 Å². The van der Waals surface area contributed by atoms with Gasteiger partial charge in [-0.3, -0.25) is 0 Å². The van der Waals surface area contributed by atoms with E-state index < -0.39 is 12.1 Å². The Bertz CT molecular complexity index is 199. The number of hydrogen-bond donors (Lipinski definition) is 1. The number of hydrogen-bond acceptors (Lipinski definition) is 2. The molecule has 0 bridgehead atoms. The van der Waals surface area contributed by atoms with E-state index in [4.69, 9.17) is 9.84 Å². The summed E-state index contributed by atoms with van der Waals surface area (Å²) in [5, 5.41) is 8.84. The zero-order valence-electron chi connectivity index (χ0n) is 10.4. The molecule has 3 heteroatoms. The smallest absolute Gasteiger partial charge is 0.332 e. The first-order valence-electron chi connectivity index (χ1n) is 6.21. The van der Waals surface area contributed by atoms with Crippen LogP contribution in [0.25, 0.3) is 0 Å². The second-order valence-corrected chi connectivity index (χ2v) is 3.83. The van der Waals surface area contributed by atoms with E-state index in [2.05, 4.69) is 19.1 Å². The van der Waals surface area contributed by atoms with Gasteiger partial charge >= 0.3 is 5.97 Å². The van der Waals surface area contributed by atoms with Crippen molar-refractivity contribution in [3.05, 3.63) is 12.2 Å². The first kappa shape index (κ1) is 15.2. The number of carboxylic acid groups (broad SMARTS) is 1. The molecule has 0 aliphatic carbocycles. The van der Waals surface area contributed by atoms with Gasteiger partial charge in [-0.1, -0.05) is 25.5 Å². The number of carbonyl (C=O) groups is 1. The molecule has 0 spiro atoms. The quantitative estimate of drug-likeness (QED) is 0.460. The van der Waals surface area contributed by atoms with Crippen molar-refractivity contribution >= 4 is 5.97 Å². The molecule has 0 saturated carbocycles. The van der Waals surface area contributed by atoms with E-state index in [0.717, 1.165) is 25.7 Å². The summed E-state index contributed by atoms with van der Waals surface area (Å²) in [6.07, 6.45) is 9.67. The average Bonchev–Trinajstić information content (AvgIpc) is 2.26. The van der Waals surface area contributed by atoms with Gasteiger partial charge in [0.25, 0.3) is 0 Å². The van der Waals surface area contributed by atoms with Gasteiger partial charge in [-0.05, 0) is 39.0 Å². The topological polar surface area (TPSA) is 46.5 Å². The molecule has 0 saturated heterocycles. The molecule has 1 unspecified atom stereocenters. The van der Waals surface area contributed by atoms with Crippen LogP contribution in [-0.4, -0.2) is 23.8 Å². The Morgan fingerprint density at radius 3 is 2.50 bits per heavy atom. The van der Waals surface area contributed by atoms with Crippen molar-refractivity contribution in [2.45, 2.75) is 58.5 Å². The van der Waals surface area contributed by atoms with Crippen molar-refractivity contribution in [3.63, 3.8) is 0 Å². The Balaban J connectivity index is 3.51. The predicted octanol–water partition coefficient (Wildman–Crippen LogP) is 3.39. The Morgan fingerprint density at radius 1 is 1.25 bits per heavy atom. The van der Waals surface area contributed by atoms with Crippen molar-refractivity contribution in [2.75, 3.05) is 6.61 Å². The highest BCUT2D eigenvalue weighted by atomic mass is 16.5. The highest BCUT2D eigenvalue weighted by molar-refractivity contribution is 5.72. The average molecular weight is 228 g/mol. The second kappa shape index (κ2) is 10.7. The molecular weight excluding hydrogens is 204 g/mol. The van der Waals surface area contributed by atoms with Crippen LogP contribution in [0.2, 0.25) is 0 Å². The number of rotatable bonds is 10. The summed E-state index contributed by atoms with van der Waals surface area (Å²) in [6, 6.07) is 0. The largest absolute Gasteiger partial charge is 0.479 e. The van der Waals surface area contributed by atoms with Gasteiger partial charge in [-0.25, -0.2) is 4.79 Å². The van der Waals surface area contributed by atoms with Crippen LogP contribution in [0.4, 0.5) is 0 Å². The summed E-state index contributed by atoms with van der Waals surface area (Å²) in [5.74, 6) is -0.844. The Kier molecular flexibility index (Phi) is 10.1. The fourth-order valence-electron chi connectivity index (χ4n) is 1.47. The summed E-state index contributed by atoms with van der Waals surface area (Å²) in [5.41, 5.74) is 0. The lowest BCUT2D eigenvalue weighted by molar-refractivity contribution is -0.150. The van der Waals surface area contributed by atoms with Crippen LogP contribution in [-0.2, 0) is 9.53 Å². The Labute approximate surface area is 98.5 Å². The van der Waals surface area contributed by atoms with E-state index in [1.165, 1.54) is 6.42 Å². The van der Waals surface area contributed by atoms with Crippen LogP contribution in [0, 0.1) is 0 Å². The number of ether oxygens (including phenoxy) is 1. The summed E-state index contributed by atoms with van der Waals surface area (Å²) in [6.45, 7) is 4.45. The van der Waals surface area contributed by atoms with E-state index in [1.807, 2.05) is 6.92 Å². The summed E-state index contributed by atoms with van der Waals surface area (Å²) in [7, 11) is 0. The lowest BCUT2D eigenvalue weighted by Crippen LogP contribution is -2.23. The molecule has 0 aliphatic rings. The standard InChI is InChI=1S/C13H24O3/c1-3-5-6-7-8-9-10-11-12(13(14)15)16-4-2/h6-7,12H,3-5,8-11H2,1-2H3,(H,14,15). The van der Waals surface area contributed by atoms with Crippen LogP contribution in [0.1, 0.15) is 52.4 Å². The maximum absolute atomic E-state index is 10.8.